The Morgan fingerprint density at radius 3 is 1.50 bits per heavy atom. The number of esters is 3. The van der Waals surface area contributed by atoms with Crippen LogP contribution in [0.25, 0.3) is 0 Å². The van der Waals surface area contributed by atoms with Gasteiger partial charge < -0.3 is 14.2 Å². The van der Waals surface area contributed by atoms with Crippen LogP contribution in [0.4, 0.5) is 0 Å². The van der Waals surface area contributed by atoms with E-state index in [-0.39, 0.29) is 23.8 Å². The van der Waals surface area contributed by atoms with Crippen molar-refractivity contribution >= 4 is 17.9 Å². The zero-order chi connectivity index (χ0) is 28.4. The highest BCUT2D eigenvalue weighted by atomic mass is 16.6. The predicted molar refractivity (Wildman–Crippen MR) is 154 cm³/mol. The summed E-state index contributed by atoms with van der Waals surface area (Å²) in [5.74, 6) is 2.30. The zero-order valence-electron chi connectivity index (χ0n) is 23.5. The summed E-state index contributed by atoms with van der Waals surface area (Å²) in [6.07, 6.45) is 9.29. The van der Waals surface area contributed by atoms with Gasteiger partial charge in [-0.2, -0.15) is 0 Å². The van der Waals surface area contributed by atoms with E-state index < -0.39 is 11.6 Å². The summed E-state index contributed by atoms with van der Waals surface area (Å²) >= 11 is 0. The highest BCUT2D eigenvalue weighted by molar-refractivity contribution is 5.96. The van der Waals surface area contributed by atoms with Gasteiger partial charge >= 0.3 is 17.9 Å². The van der Waals surface area contributed by atoms with Crippen molar-refractivity contribution in [3.63, 3.8) is 0 Å². The monoisotopic (exact) mass is 562 g/mol. The lowest BCUT2D eigenvalue weighted by Gasteiger charge is -2.30. The van der Waals surface area contributed by atoms with Gasteiger partial charge in [-0.05, 0) is 79.7 Å². The van der Waals surface area contributed by atoms with E-state index in [4.69, 9.17) is 14.2 Å². The molecule has 0 unspecified atom stereocenters. The van der Waals surface area contributed by atoms with Crippen LogP contribution in [0.3, 0.4) is 0 Å². The normalized spacial score (nSPS) is 32.0. The van der Waals surface area contributed by atoms with Crippen LogP contribution in [-0.4, -0.2) is 17.9 Å². The molecule has 0 amide bonds. The molecule has 42 heavy (non-hydrogen) atoms. The number of benzene rings is 3. The Labute approximate surface area is 245 Å². The molecule has 0 aromatic heterocycles. The van der Waals surface area contributed by atoms with Gasteiger partial charge in [0.15, 0.2) is 5.60 Å². The second-order valence-electron chi connectivity index (χ2n) is 12.8. The van der Waals surface area contributed by atoms with E-state index in [2.05, 4.69) is 0 Å². The fourth-order valence-corrected chi connectivity index (χ4v) is 8.38. The van der Waals surface area contributed by atoms with E-state index >= 15 is 0 Å². The van der Waals surface area contributed by atoms with E-state index in [1.807, 2.05) is 42.5 Å². The number of carbonyl (C=O) groups excluding carboxylic acids is 3. The highest BCUT2D eigenvalue weighted by Crippen LogP contribution is 2.57. The van der Waals surface area contributed by atoms with Gasteiger partial charge in [-0.3, -0.25) is 9.59 Å². The molecular weight excluding hydrogens is 528 g/mol. The summed E-state index contributed by atoms with van der Waals surface area (Å²) in [7, 11) is 0. The van der Waals surface area contributed by atoms with Crippen LogP contribution in [-0.2, 0) is 19.9 Å². The van der Waals surface area contributed by atoms with E-state index in [0.29, 0.717) is 40.7 Å². The molecular formula is C36H34O6. The lowest BCUT2D eigenvalue weighted by molar-refractivity contribution is -0.137. The smallest absolute Gasteiger partial charge is 0.340 e. The Kier molecular flexibility index (Phi) is 6.02. The second-order valence-corrected chi connectivity index (χ2v) is 12.8. The maximum Gasteiger partial charge on any atom is 0.340 e. The van der Waals surface area contributed by atoms with Gasteiger partial charge in [-0.25, -0.2) is 4.79 Å². The Hall–Kier alpha value is -3.93. The first kappa shape index (κ1) is 25.8. The van der Waals surface area contributed by atoms with E-state index in [1.165, 1.54) is 25.7 Å². The third-order valence-corrected chi connectivity index (χ3v) is 10.6. The Balaban J connectivity index is 1.06. The van der Waals surface area contributed by atoms with Gasteiger partial charge in [-0.15, -0.1) is 0 Å². The maximum absolute atomic E-state index is 13.1. The predicted octanol–water partition coefficient (Wildman–Crippen LogP) is 6.83. The summed E-state index contributed by atoms with van der Waals surface area (Å²) in [6.45, 7) is 0. The number of cyclic esters (lactones) is 1. The topological polar surface area (TPSA) is 78.9 Å². The van der Waals surface area contributed by atoms with Gasteiger partial charge in [0.25, 0.3) is 0 Å². The Bertz CT molecular complexity index is 1450. The summed E-state index contributed by atoms with van der Waals surface area (Å²) < 4.78 is 17.8. The standard InChI is InChI=1S/C36H34O6/c37-33-29-11-5-6-12-30(29)36(42-33,21-13-17-23(18-14-21)40-34(38)31-25-7-1-2-8-26(25)31)22-15-19-24(20-16-22)41-35(39)32-27-9-3-4-10-28(27)32/h5-6,11-20,25-28,31-32H,1-4,7-10H2/t25-,26-,27-,28-/m0/s1. The fraction of sp³-hybridized carbons (Fsp3) is 0.417. The molecule has 3 aromatic carbocycles. The Morgan fingerprint density at radius 1 is 0.619 bits per heavy atom. The van der Waals surface area contributed by atoms with Crippen molar-refractivity contribution in [3.05, 3.63) is 95.1 Å². The zero-order valence-corrected chi connectivity index (χ0v) is 23.5. The SMILES string of the molecule is O=C1OC(c2ccc(OC(=O)C3[C@H]4CCCC[C@H]34)cc2)(c2ccc(OC(=O)C3[C@H]4CCCC[C@H]34)cc2)c2ccccc21. The summed E-state index contributed by atoms with van der Waals surface area (Å²) in [6, 6.07) is 22.0. The molecule has 3 aromatic rings. The van der Waals surface area contributed by atoms with Crippen molar-refractivity contribution in [1.82, 2.24) is 0 Å². The van der Waals surface area contributed by atoms with Crippen molar-refractivity contribution in [2.24, 2.45) is 35.5 Å². The van der Waals surface area contributed by atoms with E-state index in [0.717, 1.165) is 42.4 Å². The molecule has 4 fully saturated rings. The number of carbonyl (C=O) groups is 3. The van der Waals surface area contributed by atoms with Crippen LogP contribution in [0.2, 0.25) is 0 Å². The van der Waals surface area contributed by atoms with Crippen LogP contribution in [0.5, 0.6) is 11.5 Å². The molecule has 0 saturated heterocycles. The van der Waals surface area contributed by atoms with Crippen molar-refractivity contribution in [3.8, 4) is 11.5 Å². The molecule has 4 aliphatic carbocycles. The quantitative estimate of drug-likeness (QED) is 0.242. The van der Waals surface area contributed by atoms with Crippen molar-refractivity contribution < 1.29 is 28.6 Å². The summed E-state index contributed by atoms with van der Waals surface area (Å²) in [4.78, 5) is 38.8. The van der Waals surface area contributed by atoms with Crippen molar-refractivity contribution in [2.75, 3.05) is 0 Å². The molecule has 6 heteroatoms. The van der Waals surface area contributed by atoms with Gasteiger partial charge in [0.05, 0.1) is 17.4 Å². The number of hydrogen-bond acceptors (Lipinski definition) is 6. The van der Waals surface area contributed by atoms with Crippen LogP contribution in [0.1, 0.15) is 78.4 Å². The third kappa shape index (κ3) is 4.10. The molecule has 0 bridgehead atoms. The first-order valence-corrected chi connectivity index (χ1v) is 15.5. The maximum atomic E-state index is 13.1. The average Bonchev–Trinajstić information content (AvgIpc) is 3.92. The minimum Gasteiger partial charge on any atom is -0.441 e. The number of rotatable bonds is 6. The van der Waals surface area contributed by atoms with Gasteiger partial charge in [0.1, 0.15) is 11.5 Å². The number of hydrogen-bond donors (Lipinski definition) is 0. The molecule has 4 saturated carbocycles. The first-order valence-electron chi connectivity index (χ1n) is 15.5. The molecule has 4 atom stereocenters. The van der Waals surface area contributed by atoms with Crippen LogP contribution in [0, 0.1) is 35.5 Å². The lowest BCUT2D eigenvalue weighted by atomic mass is 9.80. The van der Waals surface area contributed by atoms with Crippen LogP contribution < -0.4 is 9.47 Å². The minimum absolute atomic E-state index is 0.0257. The molecule has 0 N–H and O–H groups in total. The minimum atomic E-state index is -1.18. The fourth-order valence-electron chi connectivity index (χ4n) is 8.38. The molecule has 0 spiro atoms. The second kappa shape index (κ2) is 9.82. The van der Waals surface area contributed by atoms with Crippen LogP contribution in [0.15, 0.2) is 72.8 Å². The van der Waals surface area contributed by atoms with Crippen molar-refractivity contribution in [2.45, 2.75) is 57.0 Å². The molecule has 5 aliphatic rings. The molecule has 8 rings (SSSR count). The van der Waals surface area contributed by atoms with E-state index in [1.54, 1.807) is 30.3 Å². The molecule has 1 heterocycles. The summed E-state index contributed by atoms with van der Waals surface area (Å²) in [5.41, 5.74) is 1.56. The van der Waals surface area contributed by atoms with Gasteiger partial charge in [0.2, 0.25) is 0 Å². The largest absolute Gasteiger partial charge is 0.441 e. The Morgan fingerprint density at radius 2 is 1.05 bits per heavy atom. The average molecular weight is 563 g/mol. The molecule has 6 nitrogen and oxygen atoms in total. The first-order chi connectivity index (χ1) is 20.5. The van der Waals surface area contributed by atoms with Crippen LogP contribution >= 0.6 is 0 Å². The van der Waals surface area contributed by atoms with Gasteiger partial charge in [0, 0.05) is 16.7 Å². The number of ether oxygens (including phenoxy) is 3. The summed E-state index contributed by atoms with van der Waals surface area (Å²) in [5, 5.41) is 0. The molecule has 0 radical (unpaired) electrons. The highest BCUT2D eigenvalue weighted by Gasteiger charge is 2.57. The van der Waals surface area contributed by atoms with Gasteiger partial charge in [-0.1, -0.05) is 68.1 Å². The van der Waals surface area contributed by atoms with E-state index in [9.17, 15) is 14.4 Å². The molecule has 1 aliphatic heterocycles. The molecule has 214 valence electrons. The number of fused-ring (bicyclic) bond motifs is 3. The third-order valence-electron chi connectivity index (χ3n) is 10.6. The lowest BCUT2D eigenvalue weighted by Crippen LogP contribution is -2.29. The van der Waals surface area contributed by atoms with Crippen molar-refractivity contribution in [1.29, 1.82) is 0 Å².